The van der Waals surface area contributed by atoms with Gasteiger partial charge in [-0.3, -0.25) is 0 Å². The van der Waals surface area contributed by atoms with E-state index in [1.165, 1.54) is 16.0 Å². The van der Waals surface area contributed by atoms with Gasteiger partial charge in [-0.1, -0.05) is 123 Å². The molecule has 0 fully saturated rings. The van der Waals surface area contributed by atoms with Crippen LogP contribution in [0.5, 0.6) is 0 Å². The molecule has 2 aromatic heterocycles. The summed E-state index contributed by atoms with van der Waals surface area (Å²) in [5.41, 5.74) is 9.22. The SMILES string of the molecule is CC1(C)c2ccccc2Sc2c(C#N)cc(-c3ccc(-c4nc(-c5ccccc5)nc(-c5ccc6c(c5)oc5ccccc56)n4)cc3)cc21. The second-order valence-electron chi connectivity index (χ2n) is 12.8. The van der Waals surface area contributed by atoms with Gasteiger partial charge in [-0.25, -0.2) is 15.0 Å². The quantitative estimate of drug-likeness (QED) is 0.189. The maximum absolute atomic E-state index is 10.2. The number of hydrogen-bond donors (Lipinski definition) is 0. The minimum absolute atomic E-state index is 0.237. The average Bonchev–Trinajstić information content (AvgIpc) is 3.53. The summed E-state index contributed by atoms with van der Waals surface area (Å²) in [7, 11) is 0. The van der Waals surface area contributed by atoms with Crippen molar-refractivity contribution in [2.45, 2.75) is 29.1 Å². The molecule has 6 heteroatoms. The van der Waals surface area contributed by atoms with E-state index in [9.17, 15) is 5.26 Å². The standard InChI is InChI=1S/C43H28N4OS/c1-43(2)34-13-7-9-15-38(34)49-39-31(25-44)22-30(23-35(39)43)26-16-18-28(19-17-26)41-45-40(27-10-4-3-5-11-27)46-42(47-41)29-20-21-33-32-12-6-8-14-36(32)48-37(33)24-29/h3-24H,1-2H3. The van der Waals surface area contributed by atoms with Crippen LogP contribution in [0.2, 0.25) is 0 Å². The Morgan fingerprint density at radius 2 is 1.16 bits per heavy atom. The Hall–Kier alpha value is -6.03. The Balaban J connectivity index is 1.13. The molecule has 0 atom stereocenters. The molecule has 49 heavy (non-hydrogen) atoms. The van der Waals surface area contributed by atoms with Crippen molar-refractivity contribution in [1.29, 1.82) is 5.26 Å². The maximum atomic E-state index is 10.2. The van der Waals surface area contributed by atoms with E-state index in [1.54, 1.807) is 11.8 Å². The Labute approximate surface area is 288 Å². The molecule has 0 radical (unpaired) electrons. The van der Waals surface area contributed by atoms with Crippen molar-refractivity contribution in [1.82, 2.24) is 15.0 Å². The molecule has 0 saturated carbocycles. The third-order valence-corrected chi connectivity index (χ3v) is 10.7. The van der Waals surface area contributed by atoms with Crippen molar-refractivity contribution in [3.05, 3.63) is 150 Å². The highest BCUT2D eigenvalue weighted by Crippen LogP contribution is 2.51. The highest BCUT2D eigenvalue weighted by molar-refractivity contribution is 7.99. The average molecular weight is 649 g/mol. The largest absolute Gasteiger partial charge is 0.456 e. The van der Waals surface area contributed by atoms with E-state index < -0.39 is 0 Å². The number of nitriles is 1. The molecule has 8 aromatic rings. The molecule has 0 bridgehead atoms. The molecule has 1 aliphatic rings. The van der Waals surface area contributed by atoms with Gasteiger partial charge in [-0.05, 0) is 58.7 Å². The summed E-state index contributed by atoms with van der Waals surface area (Å²) < 4.78 is 6.19. The molecule has 0 unspecified atom stereocenters. The number of aromatic nitrogens is 3. The van der Waals surface area contributed by atoms with Gasteiger partial charge in [-0.15, -0.1) is 0 Å². The van der Waals surface area contributed by atoms with Gasteiger partial charge in [0.1, 0.15) is 17.2 Å². The fourth-order valence-electron chi connectivity index (χ4n) is 6.81. The van der Waals surface area contributed by atoms with Crippen molar-refractivity contribution >= 4 is 33.7 Å². The molecule has 1 aliphatic heterocycles. The van der Waals surface area contributed by atoms with Gasteiger partial charge < -0.3 is 4.42 Å². The van der Waals surface area contributed by atoms with Crippen molar-refractivity contribution < 1.29 is 4.42 Å². The van der Waals surface area contributed by atoms with E-state index in [1.807, 2.05) is 78.9 Å². The van der Waals surface area contributed by atoms with Crippen LogP contribution in [0.25, 0.3) is 67.2 Å². The van der Waals surface area contributed by atoms with Crippen LogP contribution in [-0.2, 0) is 5.41 Å². The number of fused-ring (bicyclic) bond motifs is 5. The van der Waals surface area contributed by atoms with Crippen LogP contribution in [0.15, 0.2) is 148 Å². The van der Waals surface area contributed by atoms with Gasteiger partial charge in [0.25, 0.3) is 0 Å². The third-order valence-electron chi connectivity index (χ3n) is 9.44. The van der Waals surface area contributed by atoms with Gasteiger partial charge in [0.15, 0.2) is 17.5 Å². The molecular formula is C43H28N4OS. The number of para-hydroxylation sites is 1. The summed E-state index contributed by atoms with van der Waals surface area (Å²) in [6.45, 7) is 4.49. The first-order chi connectivity index (χ1) is 24.0. The van der Waals surface area contributed by atoms with E-state index in [4.69, 9.17) is 19.4 Å². The summed E-state index contributed by atoms with van der Waals surface area (Å²) in [5.74, 6) is 1.75. The minimum atomic E-state index is -0.237. The second-order valence-corrected chi connectivity index (χ2v) is 13.8. The van der Waals surface area contributed by atoms with Gasteiger partial charge in [-0.2, -0.15) is 5.26 Å². The number of rotatable bonds is 4. The van der Waals surface area contributed by atoms with Gasteiger partial charge >= 0.3 is 0 Å². The zero-order valence-electron chi connectivity index (χ0n) is 26.8. The van der Waals surface area contributed by atoms with Crippen LogP contribution in [0, 0.1) is 11.3 Å². The summed E-state index contributed by atoms with van der Waals surface area (Å²) in [4.78, 5) is 17.1. The predicted octanol–water partition coefficient (Wildman–Crippen LogP) is 11.1. The highest BCUT2D eigenvalue weighted by Gasteiger charge is 2.34. The lowest BCUT2D eigenvalue weighted by molar-refractivity contribution is 0.607. The van der Waals surface area contributed by atoms with Crippen LogP contribution in [0.1, 0.15) is 30.5 Å². The normalized spacial score (nSPS) is 13.2. The van der Waals surface area contributed by atoms with Crippen LogP contribution >= 0.6 is 11.8 Å². The highest BCUT2D eigenvalue weighted by atomic mass is 32.2. The van der Waals surface area contributed by atoms with E-state index in [0.717, 1.165) is 54.7 Å². The molecule has 0 saturated heterocycles. The topological polar surface area (TPSA) is 75.6 Å². The Kier molecular flexibility index (Phi) is 6.72. The first-order valence-corrected chi connectivity index (χ1v) is 17.0. The summed E-state index contributed by atoms with van der Waals surface area (Å²) in [5, 5.41) is 12.4. The van der Waals surface area contributed by atoms with Gasteiger partial charge in [0.2, 0.25) is 0 Å². The maximum Gasteiger partial charge on any atom is 0.164 e. The zero-order valence-corrected chi connectivity index (χ0v) is 27.6. The van der Waals surface area contributed by atoms with E-state index >= 15 is 0 Å². The number of hydrogen-bond acceptors (Lipinski definition) is 6. The van der Waals surface area contributed by atoms with Crippen molar-refractivity contribution in [3.63, 3.8) is 0 Å². The number of nitrogens with zero attached hydrogens (tertiary/aromatic N) is 4. The molecule has 3 heterocycles. The molecule has 0 amide bonds. The fourth-order valence-corrected chi connectivity index (χ4v) is 8.25. The number of benzene rings is 6. The Bertz CT molecular complexity index is 2620. The first kappa shape index (κ1) is 29.1. The smallest absolute Gasteiger partial charge is 0.164 e. The van der Waals surface area contributed by atoms with Gasteiger partial charge in [0.05, 0.1) is 5.56 Å². The van der Waals surface area contributed by atoms with Crippen LogP contribution in [-0.4, -0.2) is 15.0 Å². The predicted molar refractivity (Wildman–Crippen MR) is 196 cm³/mol. The van der Waals surface area contributed by atoms with Gasteiger partial charge in [0, 0.05) is 42.7 Å². The molecule has 232 valence electrons. The third kappa shape index (κ3) is 4.90. The first-order valence-electron chi connectivity index (χ1n) is 16.2. The molecule has 0 N–H and O–H groups in total. The van der Waals surface area contributed by atoms with Crippen molar-refractivity contribution in [3.8, 4) is 51.4 Å². The van der Waals surface area contributed by atoms with Crippen LogP contribution in [0.3, 0.4) is 0 Å². The van der Waals surface area contributed by atoms with E-state index in [-0.39, 0.29) is 5.41 Å². The van der Waals surface area contributed by atoms with Crippen molar-refractivity contribution in [2.75, 3.05) is 0 Å². The van der Waals surface area contributed by atoms with E-state index in [0.29, 0.717) is 23.0 Å². The molecule has 0 spiro atoms. The monoisotopic (exact) mass is 648 g/mol. The fraction of sp³-hybridized carbons (Fsp3) is 0.0698. The molecule has 6 aromatic carbocycles. The summed E-state index contributed by atoms with van der Waals surface area (Å²) in [6.07, 6.45) is 0. The molecule has 5 nitrogen and oxygen atoms in total. The molecule has 0 aliphatic carbocycles. The minimum Gasteiger partial charge on any atom is -0.456 e. The molecular weight excluding hydrogens is 621 g/mol. The summed E-state index contributed by atoms with van der Waals surface area (Å²) >= 11 is 1.69. The summed E-state index contributed by atoms with van der Waals surface area (Å²) in [6, 6.07) is 47.6. The van der Waals surface area contributed by atoms with E-state index in [2.05, 4.69) is 74.5 Å². The number of furan rings is 1. The zero-order chi connectivity index (χ0) is 33.1. The second kappa shape index (κ2) is 11.3. The lowest BCUT2D eigenvalue weighted by atomic mass is 9.76. The van der Waals surface area contributed by atoms with Crippen LogP contribution < -0.4 is 0 Å². The Morgan fingerprint density at radius 3 is 1.94 bits per heavy atom. The van der Waals surface area contributed by atoms with Crippen molar-refractivity contribution in [2.24, 2.45) is 0 Å². The lowest BCUT2D eigenvalue weighted by Crippen LogP contribution is -2.24. The Morgan fingerprint density at radius 1 is 0.551 bits per heavy atom. The molecule has 9 rings (SSSR count). The lowest BCUT2D eigenvalue weighted by Gasteiger charge is -2.35. The van der Waals surface area contributed by atoms with Crippen LogP contribution in [0.4, 0.5) is 0 Å².